The van der Waals surface area contributed by atoms with Crippen LogP contribution in [0.15, 0.2) is 12.2 Å². The number of hydrogen-bond acceptors (Lipinski definition) is 2. The lowest BCUT2D eigenvalue weighted by Gasteiger charge is -2.24. The van der Waals surface area contributed by atoms with Crippen molar-refractivity contribution in [1.82, 2.24) is 5.32 Å². The molecule has 1 rings (SSSR count). The van der Waals surface area contributed by atoms with Gasteiger partial charge in [0.05, 0.1) is 11.6 Å². The second-order valence-electron chi connectivity index (χ2n) is 2.97. The average Bonchev–Trinajstić information content (AvgIpc) is 2.08. The highest BCUT2D eigenvalue weighted by atomic mass is 16.3. The van der Waals surface area contributed by atoms with E-state index in [0.29, 0.717) is 0 Å². The Bertz CT molecular complexity index is 123. The van der Waals surface area contributed by atoms with Crippen molar-refractivity contribution in [2.45, 2.75) is 25.5 Å². The van der Waals surface area contributed by atoms with E-state index in [1.165, 1.54) is 0 Å². The molecule has 0 aromatic rings. The van der Waals surface area contributed by atoms with Crippen molar-refractivity contribution in [3.8, 4) is 0 Å². The summed E-state index contributed by atoms with van der Waals surface area (Å²) in [5, 5.41) is 12.5. The van der Waals surface area contributed by atoms with Gasteiger partial charge in [0.15, 0.2) is 0 Å². The van der Waals surface area contributed by atoms with Crippen molar-refractivity contribution in [3.63, 3.8) is 0 Å². The first kappa shape index (κ1) is 6.78. The van der Waals surface area contributed by atoms with Crippen molar-refractivity contribution in [3.05, 3.63) is 12.2 Å². The molecule has 2 heteroatoms. The summed E-state index contributed by atoms with van der Waals surface area (Å²) < 4.78 is 0. The zero-order valence-electron chi connectivity index (χ0n) is 5.89. The Hall–Kier alpha value is -0.340. The molecule has 0 aliphatic carbocycles. The largest absolute Gasteiger partial charge is 0.389 e. The molecule has 0 fully saturated rings. The van der Waals surface area contributed by atoms with Crippen LogP contribution in [-0.2, 0) is 0 Å². The van der Waals surface area contributed by atoms with Gasteiger partial charge in [0, 0.05) is 6.54 Å². The van der Waals surface area contributed by atoms with Crippen LogP contribution in [0.1, 0.15) is 13.8 Å². The van der Waals surface area contributed by atoms with E-state index in [-0.39, 0.29) is 6.04 Å². The maximum absolute atomic E-state index is 9.40. The second-order valence-corrected chi connectivity index (χ2v) is 2.97. The summed E-state index contributed by atoms with van der Waals surface area (Å²) in [4.78, 5) is 0. The number of aliphatic hydroxyl groups is 1. The fraction of sp³-hybridized carbons (Fsp3) is 0.714. The van der Waals surface area contributed by atoms with E-state index in [1.54, 1.807) is 13.8 Å². The van der Waals surface area contributed by atoms with Crippen LogP contribution in [0, 0.1) is 0 Å². The van der Waals surface area contributed by atoms with Crippen LogP contribution in [0.3, 0.4) is 0 Å². The Labute approximate surface area is 55.6 Å². The summed E-state index contributed by atoms with van der Waals surface area (Å²) in [6, 6.07) is 0.137. The molecule has 1 atom stereocenters. The second kappa shape index (κ2) is 2.12. The SMILES string of the molecule is CC(C)(O)C1C=CCN1. The topological polar surface area (TPSA) is 32.3 Å². The molecule has 0 aromatic heterocycles. The van der Waals surface area contributed by atoms with Gasteiger partial charge in [-0.05, 0) is 13.8 Å². The van der Waals surface area contributed by atoms with Crippen LogP contribution in [0.5, 0.6) is 0 Å². The van der Waals surface area contributed by atoms with Crippen molar-refractivity contribution >= 4 is 0 Å². The minimum Gasteiger partial charge on any atom is -0.389 e. The Morgan fingerprint density at radius 3 is 2.56 bits per heavy atom. The van der Waals surface area contributed by atoms with Crippen LogP contribution in [0.2, 0.25) is 0 Å². The summed E-state index contributed by atoms with van der Waals surface area (Å²) in [5.41, 5.74) is -0.618. The van der Waals surface area contributed by atoms with Gasteiger partial charge in [0.2, 0.25) is 0 Å². The predicted octanol–water partition coefficient (Wildman–Crippen LogP) is 0.285. The standard InChI is InChI=1S/C7H13NO/c1-7(2,9)6-4-3-5-8-6/h3-4,6,8-9H,5H2,1-2H3. The average molecular weight is 127 g/mol. The molecule has 0 spiro atoms. The lowest BCUT2D eigenvalue weighted by Crippen LogP contribution is -2.42. The Balaban J connectivity index is 2.53. The molecule has 0 amide bonds. The highest BCUT2D eigenvalue weighted by molar-refractivity contribution is 5.08. The van der Waals surface area contributed by atoms with Crippen LogP contribution in [0.4, 0.5) is 0 Å². The van der Waals surface area contributed by atoms with E-state index in [2.05, 4.69) is 5.32 Å². The highest BCUT2D eigenvalue weighted by Gasteiger charge is 2.25. The molecule has 1 unspecified atom stereocenters. The van der Waals surface area contributed by atoms with Gasteiger partial charge in [0.25, 0.3) is 0 Å². The highest BCUT2D eigenvalue weighted by Crippen LogP contribution is 2.11. The van der Waals surface area contributed by atoms with Crippen LogP contribution in [-0.4, -0.2) is 23.3 Å². The maximum atomic E-state index is 9.40. The summed E-state index contributed by atoms with van der Waals surface area (Å²) in [7, 11) is 0. The third-order valence-electron chi connectivity index (χ3n) is 1.55. The lowest BCUT2D eigenvalue weighted by atomic mass is 10.0. The first-order chi connectivity index (χ1) is 4.11. The predicted molar refractivity (Wildman–Crippen MR) is 37.2 cm³/mol. The van der Waals surface area contributed by atoms with E-state index in [1.807, 2.05) is 12.2 Å². The molecule has 0 bridgehead atoms. The smallest absolute Gasteiger partial charge is 0.0779 e. The molecular weight excluding hydrogens is 114 g/mol. The molecule has 1 aliphatic heterocycles. The summed E-state index contributed by atoms with van der Waals surface area (Å²) in [6.45, 7) is 4.50. The van der Waals surface area contributed by atoms with Gasteiger partial charge in [-0.3, -0.25) is 0 Å². The van der Waals surface area contributed by atoms with Gasteiger partial charge in [-0.1, -0.05) is 12.2 Å². The minimum absolute atomic E-state index is 0.137. The molecule has 1 heterocycles. The quantitative estimate of drug-likeness (QED) is 0.496. The fourth-order valence-corrected chi connectivity index (χ4v) is 0.952. The van der Waals surface area contributed by atoms with E-state index in [0.717, 1.165) is 6.54 Å². The summed E-state index contributed by atoms with van der Waals surface area (Å²) in [6.07, 6.45) is 4.03. The molecular formula is C7H13NO. The molecule has 2 nitrogen and oxygen atoms in total. The molecule has 0 saturated heterocycles. The first-order valence-electron chi connectivity index (χ1n) is 3.23. The zero-order valence-corrected chi connectivity index (χ0v) is 5.89. The van der Waals surface area contributed by atoms with Gasteiger partial charge >= 0.3 is 0 Å². The number of rotatable bonds is 1. The zero-order chi connectivity index (χ0) is 6.91. The molecule has 52 valence electrons. The van der Waals surface area contributed by atoms with Gasteiger partial charge in [-0.15, -0.1) is 0 Å². The van der Waals surface area contributed by atoms with Crippen molar-refractivity contribution in [2.75, 3.05) is 6.54 Å². The van der Waals surface area contributed by atoms with Crippen molar-refractivity contribution in [2.24, 2.45) is 0 Å². The maximum Gasteiger partial charge on any atom is 0.0779 e. The Kier molecular flexibility index (Phi) is 1.60. The van der Waals surface area contributed by atoms with Crippen LogP contribution in [0.25, 0.3) is 0 Å². The van der Waals surface area contributed by atoms with E-state index >= 15 is 0 Å². The summed E-state index contributed by atoms with van der Waals surface area (Å²) >= 11 is 0. The van der Waals surface area contributed by atoms with Crippen LogP contribution >= 0.6 is 0 Å². The van der Waals surface area contributed by atoms with Gasteiger partial charge in [0.1, 0.15) is 0 Å². The normalized spacial score (nSPS) is 27.2. The third-order valence-corrected chi connectivity index (χ3v) is 1.55. The van der Waals surface area contributed by atoms with E-state index in [9.17, 15) is 5.11 Å². The third kappa shape index (κ3) is 1.53. The minimum atomic E-state index is -0.618. The monoisotopic (exact) mass is 127 g/mol. The van der Waals surface area contributed by atoms with Gasteiger partial charge in [-0.2, -0.15) is 0 Å². The molecule has 0 aromatic carbocycles. The van der Waals surface area contributed by atoms with Crippen LogP contribution < -0.4 is 5.32 Å². The molecule has 0 saturated carbocycles. The van der Waals surface area contributed by atoms with Crippen molar-refractivity contribution in [1.29, 1.82) is 0 Å². The molecule has 2 N–H and O–H groups in total. The first-order valence-corrected chi connectivity index (χ1v) is 3.23. The number of nitrogens with one attached hydrogen (secondary N) is 1. The fourth-order valence-electron chi connectivity index (χ4n) is 0.952. The van der Waals surface area contributed by atoms with Gasteiger partial charge in [-0.25, -0.2) is 0 Å². The van der Waals surface area contributed by atoms with E-state index in [4.69, 9.17) is 0 Å². The van der Waals surface area contributed by atoms with Gasteiger partial charge < -0.3 is 10.4 Å². The molecule has 1 aliphatic rings. The van der Waals surface area contributed by atoms with E-state index < -0.39 is 5.60 Å². The lowest BCUT2D eigenvalue weighted by molar-refractivity contribution is 0.0583. The Morgan fingerprint density at radius 2 is 2.33 bits per heavy atom. The molecule has 0 radical (unpaired) electrons. The Morgan fingerprint density at radius 1 is 1.67 bits per heavy atom. The summed E-state index contributed by atoms with van der Waals surface area (Å²) in [5.74, 6) is 0. The van der Waals surface area contributed by atoms with Crippen molar-refractivity contribution < 1.29 is 5.11 Å². The molecule has 9 heavy (non-hydrogen) atoms. The number of hydrogen-bond donors (Lipinski definition) is 2.